The molecule has 1 fully saturated rings. The van der Waals surface area contributed by atoms with Crippen LogP contribution in [0.3, 0.4) is 0 Å². The fourth-order valence-corrected chi connectivity index (χ4v) is 4.68. The summed E-state index contributed by atoms with van der Waals surface area (Å²) in [5.74, 6) is 2.07. The van der Waals surface area contributed by atoms with E-state index in [-0.39, 0.29) is 6.04 Å². The first-order valence-corrected chi connectivity index (χ1v) is 9.65. The molecule has 2 N–H and O–H groups in total. The molecular formula is C14H22N2O2S2. The molecule has 0 amide bonds. The van der Waals surface area contributed by atoms with E-state index < -0.39 is 10.0 Å². The second kappa shape index (κ2) is 7.45. The summed E-state index contributed by atoms with van der Waals surface area (Å²) in [6.45, 7) is 3.60. The van der Waals surface area contributed by atoms with E-state index in [9.17, 15) is 8.42 Å². The van der Waals surface area contributed by atoms with Gasteiger partial charge in [-0.05, 0) is 48.6 Å². The quantitative estimate of drug-likeness (QED) is 0.843. The number of nitrogens with one attached hydrogen (secondary N) is 2. The third-order valence-corrected chi connectivity index (χ3v) is 5.90. The highest BCUT2D eigenvalue weighted by Gasteiger charge is 2.22. The molecule has 1 aromatic rings. The van der Waals surface area contributed by atoms with Gasteiger partial charge in [0.15, 0.2) is 0 Å². The topological polar surface area (TPSA) is 58.2 Å². The first-order valence-electron chi connectivity index (χ1n) is 7.01. The van der Waals surface area contributed by atoms with Crippen molar-refractivity contribution >= 4 is 21.8 Å². The minimum atomic E-state index is -3.39. The molecule has 1 heterocycles. The summed E-state index contributed by atoms with van der Waals surface area (Å²) >= 11 is 1.89. The molecule has 1 aliphatic rings. The molecule has 0 spiro atoms. The zero-order valence-corrected chi connectivity index (χ0v) is 13.4. The van der Waals surface area contributed by atoms with Crippen molar-refractivity contribution in [2.45, 2.75) is 37.2 Å². The van der Waals surface area contributed by atoms with Gasteiger partial charge in [-0.3, -0.25) is 0 Å². The zero-order valence-electron chi connectivity index (χ0n) is 11.8. The normalized spacial score (nSPS) is 17.2. The lowest BCUT2D eigenvalue weighted by atomic mass is 10.2. The number of hydrogen-bond acceptors (Lipinski definition) is 4. The van der Waals surface area contributed by atoms with E-state index in [1.165, 1.54) is 0 Å². The maximum atomic E-state index is 12.4. The van der Waals surface area contributed by atoms with Gasteiger partial charge in [0.2, 0.25) is 10.0 Å². The highest BCUT2D eigenvalue weighted by atomic mass is 32.2. The summed E-state index contributed by atoms with van der Waals surface area (Å²) in [7, 11) is -3.39. The van der Waals surface area contributed by atoms with Crippen molar-refractivity contribution in [1.29, 1.82) is 0 Å². The average molecular weight is 314 g/mol. The van der Waals surface area contributed by atoms with E-state index in [0.717, 1.165) is 36.5 Å². The maximum absolute atomic E-state index is 12.4. The number of benzene rings is 1. The maximum Gasteiger partial charge on any atom is 0.240 e. The highest BCUT2D eigenvalue weighted by Crippen LogP contribution is 2.19. The second-order valence-electron chi connectivity index (χ2n) is 4.94. The molecule has 4 nitrogen and oxygen atoms in total. The van der Waals surface area contributed by atoms with Crippen molar-refractivity contribution in [2.75, 3.05) is 18.1 Å². The number of sulfonamides is 1. The van der Waals surface area contributed by atoms with Crippen LogP contribution < -0.4 is 10.0 Å². The lowest BCUT2D eigenvalue weighted by molar-refractivity contribution is 0.528. The zero-order chi connectivity index (χ0) is 14.4. The third-order valence-electron chi connectivity index (χ3n) is 3.33. The summed E-state index contributed by atoms with van der Waals surface area (Å²) in [4.78, 5) is 0.367. The van der Waals surface area contributed by atoms with Crippen LogP contribution in [0.1, 0.15) is 25.3 Å². The van der Waals surface area contributed by atoms with E-state index in [1.807, 2.05) is 24.8 Å². The van der Waals surface area contributed by atoms with Crippen LogP contribution in [0.5, 0.6) is 0 Å². The Kier molecular flexibility index (Phi) is 5.89. The molecule has 6 heteroatoms. The van der Waals surface area contributed by atoms with Crippen LogP contribution in [0.4, 0.5) is 0 Å². The SMILES string of the molecule is CCNCc1cccc(S(=O)(=O)NC2CCSCC2)c1. The highest BCUT2D eigenvalue weighted by molar-refractivity contribution is 7.99. The smallest absolute Gasteiger partial charge is 0.240 e. The number of rotatable bonds is 6. The summed E-state index contributed by atoms with van der Waals surface area (Å²) in [6, 6.07) is 7.24. The molecule has 0 saturated carbocycles. The Hall–Kier alpha value is -0.560. The molecule has 0 aromatic heterocycles. The summed E-state index contributed by atoms with van der Waals surface area (Å²) in [5.41, 5.74) is 0.994. The Balaban J connectivity index is 2.07. The van der Waals surface area contributed by atoms with Crippen LogP contribution in [0, 0.1) is 0 Å². The van der Waals surface area contributed by atoms with E-state index in [2.05, 4.69) is 10.0 Å². The van der Waals surface area contributed by atoms with Crippen molar-refractivity contribution in [3.63, 3.8) is 0 Å². The van der Waals surface area contributed by atoms with E-state index in [0.29, 0.717) is 11.4 Å². The molecule has 1 aliphatic heterocycles. The molecule has 2 rings (SSSR count). The molecule has 0 atom stereocenters. The van der Waals surface area contributed by atoms with Gasteiger partial charge in [-0.1, -0.05) is 19.1 Å². The lowest BCUT2D eigenvalue weighted by Crippen LogP contribution is -2.37. The molecule has 112 valence electrons. The monoisotopic (exact) mass is 314 g/mol. The van der Waals surface area contributed by atoms with Crippen LogP contribution >= 0.6 is 11.8 Å². The van der Waals surface area contributed by atoms with Gasteiger partial charge < -0.3 is 5.32 Å². The standard InChI is InChI=1S/C14H22N2O2S2/c1-2-15-11-12-4-3-5-14(10-12)20(17,18)16-13-6-8-19-9-7-13/h3-5,10,13,15-16H,2,6-9,11H2,1H3. The summed E-state index contributed by atoms with van der Waals surface area (Å²) in [6.07, 6.45) is 1.84. The van der Waals surface area contributed by atoms with Crippen molar-refractivity contribution in [3.8, 4) is 0 Å². The molecule has 0 bridgehead atoms. The number of hydrogen-bond donors (Lipinski definition) is 2. The van der Waals surface area contributed by atoms with Gasteiger partial charge in [-0.2, -0.15) is 11.8 Å². The minimum Gasteiger partial charge on any atom is -0.313 e. The first-order chi connectivity index (χ1) is 9.62. The fourth-order valence-electron chi connectivity index (χ4n) is 2.19. The average Bonchev–Trinajstić information content (AvgIpc) is 2.46. The van der Waals surface area contributed by atoms with Gasteiger partial charge in [-0.15, -0.1) is 0 Å². The number of thioether (sulfide) groups is 1. The Morgan fingerprint density at radius 1 is 1.30 bits per heavy atom. The van der Waals surface area contributed by atoms with Crippen LogP contribution in [0.15, 0.2) is 29.2 Å². The van der Waals surface area contributed by atoms with Gasteiger partial charge in [0.25, 0.3) is 0 Å². The molecule has 1 saturated heterocycles. The molecule has 20 heavy (non-hydrogen) atoms. The predicted molar refractivity (Wildman–Crippen MR) is 84.5 cm³/mol. The first kappa shape index (κ1) is 15.8. The largest absolute Gasteiger partial charge is 0.313 e. The van der Waals surface area contributed by atoms with Crippen LogP contribution in [0.2, 0.25) is 0 Å². The lowest BCUT2D eigenvalue weighted by Gasteiger charge is -2.22. The summed E-state index contributed by atoms with van der Waals surface area (Å²) in [5, 5.41) is 3.21. The van der Waals surface area contributed by atoms with E-state index >= 15 is 0 Å². The molecule has 0 radical (unpaired) electrons. The Morgan fingerprint density at radius 2 is 2.05 bits per heavy atom. The van der Waals surface area contributed by atoms with Crippen molar-refractivity contribution in [3.05, 3.63) is 29.8 Å². The Bertz CT molecular complexity index is 526. The Morgan fingerprint density at radius 3 is 2.75 bits per heavy atom. The molecule has 1 aromatic carbocycles. The van der Waals surface area contributed by atoms with E-state index in [1.54, 1.807) is 18.2 Å². The fraction of sp³-hybridized carbons (Fsp3) is 0.571. The van der Waals surface area contributed by atoms with Crippen LogP contribution in [-0.2, 0) is 16.6 Å². The van der Waals surface area contributed by atoms with Gasteiger partial charge in [0, 0.05) is 12.6 Å². The Labute approximate surface area is 125 Å². The third kappa shape index (κ3) is 4.48. The predicted octanol–water partition coefficient (Wildman–Crippen LogP) is 1.97. The van der Waals surface area contributed by atoms with Crippen LogP contribution in [0.25, 0.3) is 0 Å². The van der Waals surface area contributed by atoms with Crippen molar-refractivity contribution in [1.82, 2.24) is 10.0 Å². The second-order valence-corrected chi connectivity index (χ2v) is 7.87. The molecular weight excluding hydrogens is 292 g/mol. The van der Waals surface area contributed by atoms with Gasteiger partial charge in [0.1, 0.15) is 0 Å². The van der Waals surface area contributed by atoms with Crippen molar-refractivity contribution < 1.29 is 8.42 Å². The van der Waals surface area contributed by atoms with E-state index in [4.69, 9.17) is 0 Å². The molecule has 0 unspecified atom stereocenters. The van der Waals surface area contributed by atoms with Crippen LogP contribution in [-0.4, -0.2) is 32.5 Å². The van der Waals surface area contributed by atoms with Gasteiger partial charge in [-0.25, -0.2) is 13.1 Å². The molecule has 0 aliphatic carbocycles. The minimum absolute atomic E-state index is 0.0821. The van der Waals surface area contributed by atoms with Gasteiger partial charge in [0.05, 0.1) is 4.90 Å². The van der Waals surface area contributed by atoms with Gasteiger partial charge >= 0.3 is 0 Å². The van der Waals surface area contributed by atoms with Crippen molar-refractivity contribution in [2.24, 2.45) is 0 Å². The summed E-state index contributed by atoms with van der Waals surface area (Å²) < 4.78 is 27.6.